The van der Waals surface area contributed by atoms with E-state index in [1.54, 1.807) is 49.3 Å². The van der Waals surface area contributed by atoms with E-state index in [1.807, 2.05) is 6.07 Å². The summed E-state index contributed by atoms with van der Waals surface area (Å²) >= 11 is 0. The van der Waals surface area contributed by atoms with Crippen molar-refractivity contribution in [2.24, 2.45) is 0 Å². The normalized spacial score (nSPS) is 9.95. The highest BCUT2D eigenvalue weighted by Gasteiger charge is 2.21. The van der Waals surface area contributed by atoms with E-state index in [4.69, 9.17) is 5.26 Å². The molecule has 0 saturated carbocycles. The molecule has 0 radical (unpaired) electrons. The van der Waals surface area contributed by atoms with Gasteiger partial charge >= 0.3 is 5.69 Å². The highest BCUT2D eigenvalue weighted by atomic mass is 16.6. The smallest absolute Gasteiger partial charge is 0.314 e. The Balaban J connectivity index is 2.33. The van der Waals surface area contributed by atoms with Crippen LogP contribution in [0.25, 0.3) is 0 Å². The van der Waals surface area contributed by atoms with Crippen LogP contribution in [0.5, 0.6) is 0 Å². The zero-order chi connectivity index (χ0) is 15.4. The molecule has 0 amide bonds. The van der Waals surface area contributed by atoms with Gasteiger partial charge in [0.1, 0.15) is 0 Å². The van der Waals surface area contributed by atoms with Crippen molar-refractivity contribution in [3.63, 3.8) is 0 Å². The Morgan fingerprint density at radius 3 is 2.86 bits per heavy atom. The van der Waals surface area contributed by atoms with E-state index < -0.39 is 4.92 Å². The molecular formula is C15H14N4O2. The van der Waals surface area contributed by atoms with Crippen molar-refractivity contribution in [2.45, 2.75) is 13.5 Å². The second-order valence-corrected chi connectivity index (χ2v) is 4.73. The maximum atomic E-state index is 11.2. The number of hydrogen-bond donors (Lipinski definition) is 0. The molecule has 0 fully saturated rings. The molecule has 0 atom stereocenters. The van der Waals surface area contributed by atoms with Crippen molar-refractivity contribution in [3.8, 4) is 6.07 Å². The first kappa shape index (κ1) is 14.5. The maximum Gasteiger partial charge on any atom is 0.314 e. The number of benzene rings is 1. The lowest BCUT2D eigenvalue weighted by Crippen LogP contribution is -2.19. The molecule has 6 nitrogen and oxygen atoms in total. The van der Waals surface area contributed by atoms with E-state index in [2.05, 4.69) is 11.1 Å². The van der Waals surface area contributed by atoms with Crippen molar-refractivity contribution in [1.82, 2.24) is 4.98 Å². The van der Waals surface area contributed by atoms with E-state index in [1.165, 1.54) is 0 Å². The molecule has 0 saturated heterocycles. The van der Waals surface area contributed by atoms with Gasteiger partial charge in [-0.2, -0.15) is 5.26 Å². The van der Waals surface area contributed by atoms with Crippen LogP contribution in [0.15, 0.2) is 36.5 Å². The molecule has 6 heteroatoms. The Bertz CT molecular complexity index is 722. The minimum atomic E-state index is -0.417. The van der Waals surface area contributed by atoms with E-state index in [0.717, 1.165) is 5.56 Å². The molecule has 0 aliphatic carbocycles. The highest BCUT2D eigenvalue weighted by molar-refractivity contribution is 5.61. The molecule has 1 heterocycles. The first-order valence-electron chi connectivity index (χ1n) is 6.33. The van der Waals surface area contributed by atoms with E-state index in [9.17, 15) is 10.1 Å². The van der Waals surface area contributed by atoms with Crippen LogP contribution in [0.1, 0.15) is 16.7 Å². The topological polar surface area (TPSA) is 83.1 Å². The van der Waals surface area contributed by atoms with E-state index in [-0.39, 0.29) is 5.69 Å². The number of aromatic nitrogens is 1. The van der Waals surface area contributed by atoms with Crippen LogP contribution < -0.4 is 4.90 Å². The minimum Gasteiger partial charge on any atom is -0.350 e. The van der Waals surface area contributed by atoms with Gasteiger partial charge in [0.25, 0.3) is 0 Å². The average Bonchev–Trinajstić information content (AvgIpc) is 2.46. The minimum absolute atomic E-state index is 0.0106. The van der Waals surface area contributed by atoms with Gasteiger partial charge in [0.2, 0.25) is 5.82 Å². The number of nitro groups is 1. The predicted molar refractivity (Wildman–Crippen MR) is 78.9 cm³/mol. The molecule has 0 aliphatic heterocycles. The number of anilines is 1. The fraction of sp³-hybridized carbons (Fsp3) is 0.200. The van der Waals surface area contributed by atoms with Crippen molar-refractivity contribution >= 4 is 11.5 Å². The second kappa shape index (κ2) is 6.01. The number of hydrogen-bond acceptors (Lipinski definition) is 5. The largest absolute Gasteiger partial charge is 0.350 e. The molecule has 106 valence electrons. The standard InChI is InChI=1S/C15H14N4O2/c1-11-6-7-17-15(14(11)19(20)21)18(2)10-13-5-3-4-12(8-13)9-16/h3-8H,10H2,1-2H3. The fourth-order valence-electron chi connectivity index (χ4n) is 2.13. The van der Waals surface area contributed by atoms with E-state index in [0.29, 0.717) is 23.5 Å². The van der Waals surface area contributed by atoms with Crippen LogP contribution in [0.3, 0.4) is 0 Å². The van der Waals surface area contributed by atoms with Crippen molar-refractivity contribution in [1.29, 1.82) is 5.26 Å². The summed E-state index contributed by atoms with van der Waals surface area (Å²) in [5.41, 5.74) is 2.04. The summed E-state index contributed by atoms with van der Waals surface area (Å²) in [6, 6.07) is 10.8. The zero-order valence-electron chi connectivity index (χ0n) is 11.8. The van der Waals surface area contributed by atoms with Gasteiger partial charge in [-0.25, -0.2) is 4.98 Å². The van der Waals surface area contributed by atoms with Crippen molar-refractivity contribution < 1.29 is 4.92 Å². The summed E-state index contributed by atoms with van der Waals surface area (Å²) in [7, 11) is 1.74. The molecule has 0 aliphatic rings. The first-order chi connectivity index (χ1) is 10.0. The Morgan fingerprint density at radius 2 is 2.19 bits per heavy atom. The van der Waals surface area contributed by atoms with E-state index >= 15 is 0 Å². The van der Waals surface area contributed by atoms with Gasteiger partial charge in [0.05, 0.1) is 16.6 Å². The molecule has 2 aromatic rings. The summed E-state index contributed by atoms with van der Waals surface area (Å²) in [6.07, 6.45) is 1.56. The summed E-state index contributed by atoms with van der Waals surface area (Å²) in [5, 5.41) is 20.1. The van der Waals surface area contributed by atoms with Gasteiger partial charge in [0.15, 0.2) is 0 Å². The molecular weight excluding hydrogens is 268 g/mol. The number of nitriles is 1. The van der Waals surface area contributed by atoms with Crippen LogP contribution >= 0.6 is 0 Å². The summed E-state index contributed by atoms with van der Waals surface area (Å²) < 4.78 is 0. The third-order valence-electron chi connectivity index (χ3n) is 3.13. The molecule has 2 rings (SSSR count). The molecule has 0 N–H and O–H groups in total. The number of pyridine rings is 1. The van der Waals surface area contributed by atoms with Gasteiger partial charge in [0, 0.05) is 25.4 Å². The second-order valence-electron chi connectivity index (χ2n) is 4.73. The summed E-state index contributed by atoms with van der Waals surface area (Å²) in [5.74, 6) is 0.322. The summed E-state index contributed by atoms with van der Waals surface area (Å²) in [6.45, 7) is 2.13. The molecule has 0 bridgehead atoms. The Hall–Kier alpha value is -2.94. The fourth-order valence-corrected chi connectivity index (χ4v) is 2.13. The van der Waals surface area contributed by atoms with Crippen molar-refractivity contribution in [2.75, 3.05) is 11.9 Å². The van der Waals surface area contributed by atoms with Crippen LogP contribution in [0.2, 0.25) is 0 Å². The van der Waals surface area contributed by atoms with Crippen LogP contribution in [-0.2, 0) is 6.54 Å². The maximum absolute atomic E-state index is 11.2. The van der Waals surface area contributed by atoms with Crippen LogP contribution in [0, 0.1) is 28.4 Å². The number of rotatable bonds is 4. The first-order valence-corrected chi connectivity index (χ1v) is 6.33. The quantitative estimate of drug-likeness (QED) is 0.636. The number of nitrogens with zero attached hydrogens (tertiary/aromatic N) is 4. The predicted octanol–water partition coefficient (Wildman–Crippen LogP) is 2.81. The number of aryl methyl sites for hydroxylation is 1. The van der Waals surface area contributed by atoms with Gasteiger partial charge < -0.3 is 4.90 Å². The molecule has 21 heavy (non-hydrogen) atoms. The van der Waals surface area contributed by atoms with Crippen molar-refractivity contribution in [3.05, 3.63) is 63.3 Å². The lowest BCUT2D eigenvalue weighted by Gasteiger charge is -2.18. The Labute approximate surface area is 122 Å². The van der Waals surface area contributed by atoms with Crippen LogP contribution in [0.4, 0.5) is 11.5 Å². The highest BCUT2D eigenvalue weighted by Crippen LogP contribution is 2.28. The molecule has 0 unspecified atom stereocenters. The molecule has 1 aromatic carbocycles. The third kappa shape index (κ3) is 3.15. The molecule has 0 spiro atoms. The van der Waals surface area contributed by atoms with Crippen LogP contribution in [-0.4, -0.2) is 17.0 Å². The summed E-state index contributed by atoms with van der Waals surface area (Å²) in [4.78, 5) is 16.6. The van der Waals surface area contributed by atoms with Gasteiger partial charge in [-0.3, -0.25) is 10.1 Å². The zero-order valence-corrected chi connectivity index (χ0v) is 11.8. The average molecular weight is 282 g/mol. The van der Waals surface area contributed by atoms with Gasteiger partial charge in [-0.15, -0.1) is 0 Å². The SMILES string of the molecule is Cc1ccnc(N(C)Cc2cccc(C#N)c2)c1[N+](=O)[O-]. The van der Waals surface area contributed by atoms with Gasteiger partial charge in [-0.1, -0.05) is 12.1 Å². The van der Waals surface area contributed by atoms with Gasteiger partial charge in [-0.05, 0) is 30.7 Å². The monoisotopic (exact) mass is 282 g/mol. The lowest BCUT2D eigenvalue weighted by molar-refractivity contribution is -0.384. The Morgan fingerprint density at radius 1 is 1.43 bits per heavy atom. The lowest BCUT2D eigenvalue weighted by atomic mass is 10.1. The molecule has 1 aromatic heterocycles. The Kier molecular flexibility index (Phi) is 4.14. The third-order valence-corrected chi connectivity index (χ3v) is 3.13.